The lowest BCUT2D eigenvalue weighted by Gasteiger charge is -2.43. The number of benzene rings is 3. The maximum Gasteiger partial charge on any atom is 0.410 e. The summed E-state index contributed by atoms with van der Waals surface area (Å²) in [4.78, 5) is 28.5. The normalized spacial score (nSPS) is 15.6. The average molecular weight is 548 g/mol. The molecule has 0 N–H and O–H groups in total. The molecule has 0 bridgehead atoms. The zero-order valence-corrected chi connectivity index (χ0v) is 23.5. The van der Waals surface area contributed by atoms with Crippen molar-refractivity contribution in [3.63, 3.8) is 0 Å². The Morgan fingerprint density at radius 1 is 1.00 bits per heavy atom. The molecule has 0 aliphatic carbocycles. The number of rotatable bonds is 9. The number of para-hydroxylation sites is 1. The molecule has 9 heteroatoms. The van der Waals surface area contributed by atoms with Crippen LogP contribution in [0.25, 0.3) is 0 Å². The third-order valence-electron chi connectivity index (χ3n) is 6.66. The molecular weight excluding hydrogens is 510 g/mol. The molecule has 0 aromatic heterocycles. The molecular formula is C31H37N3O6. The average Bonchev–Trinajstić information content (AvgIpc) is 2.92. The number of carbonyl (C=O) groups excluding carboxylic acids is 1. The first-order valence-electron chi connectivity index (χ1n) is 13.5. The summed E-state index contributed by atoms with van der Waals surface area (Å²) in [5.74, 6) is 1.19. The molecule has 40 heavy (non-hydrogen) atoms. The summed E-state index contributed by atoms with van der Waals surface area (Å²) >= 11 is 0. The molecule has 0 unspecified atom stereocenters. The number of ether oxygens (including phenoxy) is 3. The fraction of sp³-hybridized carbons (Fsp3) is 0.387. The molecule has 1 heterocycles. The van der Waals surface area contributed by atoms with Crippen LogP contribution in [0.3, 0.4) is 0 Å². The van der Waals surface area contributed by atoms with Crippen LogP contribution in [0.2, 0.25) is 0 Å². The highest BCUT2D eigenvalue weighted by molar-refractivity contribution is 5.73. The van der Waals surface area contributed by atoms with Crippen LogP contribution in [-0.2, 0) is 16.1 Å². The molecule has 3 aromatic carbocycles. The zero-order chi connectivity index (χ0) is 28.7. The Morgan fingerprint density at radius 2 is 1.68 bits per heavy atom. The zero-order valence-electron chi connectivity index (χ0n) is 23.5. The van der Waals surface area contributed by atoms with Gasteiger partial charge in [-0.05, 0) is 57.9 Å². The largest absolute Gasteiger partial charge is 0.457 e. The summed E-state index contributed by atoms with van der Waals surface area (Å²) in [5.41, 5.74) is 1.60. The summed E-state index contributed by atoms with van der Waals surface area (Å²) in [6.45, 7) is 9.40. The van der Waals surface area contributed by atoms with Crippen molar-refractivity contribution in [3.05, 3.63) is 94.0 Å². The van der Waals surface area contributed by atoms with Crippen LogP contribution >= 0.6 is 0 Å². The molecule has 0 saturated carbocycles. The number of nitro benzene ring substituents is 1. The highest BCUT2D eigenvalue weighted by Gasteiger charge is 2.36. The molecule has 1 aliphatic rings. The second kappa shape index (κ2) is 12.8. The third kappa shape index (κ3) is 7.51. The molecule has 9 nitrogen and oxygen atoms in total. The van der Waals surface area contributed by atoms with Crippen molar-refractivity contribution in [1.29, 1.82) is 0 Å². The fourth-order valence-corrected chi connectivity index (χ4v) is 4.79. The quantitative estimate of drug-likeness (QED) is 0.167. The molecule has 0 radical (unpaired) electrons. The Hall–Kier alpha value is -4.11. The number of anilines is 1. The highest BCUT2D eigenvalue weighted by Crippen LogP contribution is 2.40. The van der Waals surface area contributed by atoms with E-state index in [-0.39, 0.29) is 16.7 Å². The maximum absolute atomic E-state index is 13.1. The van der Waals surface area contributed by atoms with Gasteiger partial charge in [0.15, 0.2) is 0 Å². The van der Waals surface area contributed by atoms with Crippen molar-refractivity contribution < 1.29 is 23.9 Å². The molecule has 1 amide bonds. The minimum Gasteiger partial charge on any atom is -0.457 e. The second-order valence-corrected chi connectivity index (χ2v) is 10.8. The van der Waals surface area contributed by atoms with Crippen LogP contribution < -0.4 is 9.64 Å². The van der Waals surface area contributed by atoms with Crippen LogP contribution in [0.1, 0.15) is 38.3 Å². The van der Waals surface area contributed by atoms with Gasteiger partial charge in [-0.25, -0.2) is 4.79 Å². The summed E-state index contributed by atoms with van der Waals surface area (Å²) < 4.78 is 17.7. The third-order valence-corrected chi connectivity index (χ3v) is 6.66. The van der Waals surface area contributed by atoms with Crippen molar-refractivity contribution in [2.45, 2.75) is 52.4 Å². The smallest absolute Gasteiger partial charge is 0.410 e. The van der Waals surface area contributed by atoms with Gasteiger partial charge in [0.1, 0.15) is 22.8 Å². The standard InChI is InChI=1S/C31H37N3O6/c1-23-28(39-26-13-9-6-10-14-26)16-15-27(34(36)37)29(23)32-18-19-33(30(35)40-31(2,3)4)25(21-32)17-20-38-22-24-11-7-5-8-12-24/h5-16,25H,17-22H2,1-4H3/t25-/m0/s1. The van der Waals surface area contributed by atoms with Gasteiger partial charge in [0.05, 0.1) is 17.6 Å². The van der Waals surface area contributed by atoms with E-state index in [1.165, 1.54) is 6.07 Å². The lowest BCUT2D eigenvalue weighted by Crippen LogP contribution is -2.56. The highest BCUT2D eigenvalue weighted by atomic mass is 16.6. The first-order valence-corrected chi connectivity index (χ1v) is 13.5. The topological polar surface area (TPSA) is 94.4 Å². The van der Waals surface area contributed by atoms with Gasteiger partial charge in [0.2, 0.25) is 0 Å². The van der Waals surface area contributed by atoms with Crippen molar-refractivity contribution in [3.8, 4) is 11.5 Å². The van der Waals surface area contributed by atoms with E-state index >= 15 is 0 Å². The van der Waals surface area contributed by atoms with Crippen molar-refractivity contribution >= 4 is 17.5 Å². The lowest BCUT2D eigenvalue weighted by molar-refractivity contribution is -0.384. The Kier molecular flexibility index (Phi) is 9.26. The number of hydrogen-bond donors (Lipinski definition) is 0. The van der Waals surface area contributed by atoms with Crippen LogP contribution in [0.5, 0.6) is 11.5 Å². The maximum atomic E-state index is 13.1. The Bertz CT molecular complexity index is 1290. The first-order chi connectivity index (χ1) is 19.1. The molecule has 4 rings (SSSR count). The van der Waals surface area contributed by atoms with Crippen molar-refractivity contribution in [2.24, 2.45) is 0 Å². The number of amides is 1. The SMILES string of the molecule is Cc1c(Oc2ccccc2)ccc([N+](=O)[O-])c1N1CCN(C(=O)OC(C)(C)C)[C@@H](CCOCc2ccccc2)C1. The molecule has 0 spiro atoms. The number of nitrogens with zero attached hydrogens (tertiary/aromatic N) is 3. The summed E-state index contributed by atoms with van der Waals surface area (Å²) in [7, 11) is 0. The van der Waals surface area contributed by atoms with E-state index in [1.807, 2.05) is 93.3 Å². The predicted octanol–water partition coefficient (Wildman–Crippen LogP) is 6.73. The predicted molar refractivity (Wildman–Crippen MR) is 154 cm³/mol. The van der Waals surface area contributed by atoms with Crippen LogP contribution in [0, 0.1) is 17.0 Å². The Morgan fingerprint density at radius 3 is 2.33 bits per heavy atom. The molecule has 1 fully saturated rings. The van der Waals surface area contributed by atoms with Gasteiger partial charge in [-0.3, -0.25) is 10.1 Å². The van der Waals surface area contributed by atoms with Gasteiger partial charge in [-0.2, -0.15) is 0 Å². The molecule has 3 aromatic rings. The minimum atomic E-state index is -0.638. The number of piperazine rings is 1. The first kappa shape index (κ1) is 28.9. The van der Waals surface area contributed by atoms with E-state index in [0.29, 0.717) is 62.0 Å². The van der Waals surface area contributed by atoms with E-state index in [1.54, 1.807) is 11.0 Å². The Labute approximate surface area is 235 Å². The van der Waals surface area contributed by atoms with Gasteiger partial charge in [-0.15, -0.1) is 0 Å². The van der Waals surface area contributed by atoms with E-state index < -0.39 is 11.7 Å². The van der Waals surface area contributed by atoms with E-state index in [4.69, 9.17) is 14.2 Å². The summed E-state index contributed by atoms with van der Waals surface area (Å²) in [5, 5.41) is 12.1. The van der Waals surface area contributed by atoms with Crippen molar-refractivity contribution in [1.82, 2.24) is 4.90 Å². The molecule has 212 valence electrons. The lowest BCUT2D eigenvalue weighted by atomic mass is 10.0. The minimum absolute atomic E-state index is 0.00251. The van der Waals surface area contributed by atoms with Gasteiger partial charge >= 0.3 is 6.09 Å². The van der Waals surface area contributed by atoms with E-state index in [2.05, 4.69) is 0 Å². The van der Waals surface area contributed by atoms with E-state index in [9.17, 15) is 14.9 Å². The molecule has 1 saturated heterocycles. The molecule has 1 atom stereocenters. The summed E-state index contributed by atoms with van der Waals surface area (Å²) in [6.07, 6.45) is 0.155. The number of hydrogen-bond acceptors (Lipinski definition) is 7. The van der Waals surface area contributed by atoms with Crippen molar-refractivity contribution in [2.75, 3.05) is 31.1 Å². The summed E-state index contributed by atoms with van der Waals surface area (Å²) in [6, 6.07) is 22.1. The van der Waals surface area contributed by atoms with E-state index in [0.717, 1.165) is 5.56 Å². The van der Waals surface area contributed by atoms with Gasteiger partial charge in [0.25, 0.3) is 5.69 Å². The van der Waals surface area contributed by atoms with Crippen LogP contribution in [0.4, 0.5) is 16.2 Å². The van der Waals surface area contributed by atoms with Crippen LogP contribution in [-0.4, -0.2) is 53.8 Å². The number of nitro groups is 1. The number of carbonyl (C=O) groups is 1. The van der Waals surface area contributed by atoms with Gasteiger partial charge in [-0.1, -0.05) is 48.5 Å². The fourth-order valence-electron chi connectivity index (χ4n) is 4.79. The van der Waals surface area contributed by atoms with Gasteiger partial charge < -0.3 is 24.0 Å². The Balaban J connectivity index is 1.56. The molecule has 1 aliphatic heterocycles. The second-order valence-electron chi connectivity index (χ2n) is 10.8. The van der Waals surface area contributed by atoms with Gasteiger partial charge in [0, 0.05) is 37.9 Å². The monoisotopic (exact) mass is 547 g/mol. The van der Waals surface area contributed by atoms with Crippen LogP contribution in [0.15, 0.2) is 72.8 Å².